The summed E-state index contributed by atoms with van der Waals surface area (Å²) in [6.45, 7) is 0.0529. The summed E-state index contributed by atoms with van der Waals surface area (Å²) in [6.07, 6.45) is 0. The van der Waals surface area contributed by atoms with Gasteiger partial charge in [0.1, 0.15) is 0 Å². The van der Waals surface area contributed by atoms with Crippen molar-refractivity contribution in [2.45, 2.75) is 12.3 Å². The predicted molar refractivity (Wildman–Crippen MR) is 75.6 cm³/mol. The smallest absolute Gasteiger partial charge is 0.304 e. The van der Waals surface area contributed by atoms with E-state index in [2.05, 4.69) is 9.71 Å². The number of nitrogens with one attached hydrogen (secondary N) is 2. The fourth-order valence-electron chi connectivity index (χ4n) is 1.53. The van der Waals surface area contributed by atoms with E-state index in [1.54, 1.807) is 29.6 Å². The average Bonchev–Trinajstić information content (AvgIpc) is 2.83. The minimum atomic E-state index is -3.49. The third kappa shape index (κ3) is 4.03. The Morgan fingerprint density at radius 2 is 2.00 bits per heavy atom. The van der Waals surface area contributed by atoms with Gasteiger partial charge < -0.3 is 4.98 Å². The molecule has 1 aromatic heterocycles. The number of thiazole rings is 1. The molecule has 0 spiro atoms. The molecule has 0 radical (unpaired) electrons. The molecule has 104 valence electrons. The second-order valence-electron chi connectivity index (χ2n) is 4.06. The molecule has 6 nitrogen and oxygen atoms in total. The molecule has 0 unspecified atom stereocenters. The van der Waals surface area contributed by atoms with Gasteiger partial charge in [0.05, 0.1) is 23.9 Å². The largest absolute Gasteiger partial charge is 0.315 e. The number of nitriles is 1. The van der Waals surface area contributed by atoms with Gasteiger partial charge in [-0.25, -0.2) is 13.1 Å². The Bertz CT molecular complexity index is 782. The molecule has 1 heterocycles. The first-order valence-electron chi connectivity index (χ1n) is 5.61. The van der Waals surface area contributed by atoms with E-state index in [0.29, 0.717) is 16.8 Å². The fourth-order valence-corrected chi connectivity index (χ4v) is 3.22. The molecule has 20 heavy (non-hydrogen) atoms. The van der Waals surface area contributed by atoms with Crippen molar-refractivity contribution in [2.75, 3.05) is 0 Å². The van der Waals surface area contributed by atoms with Crippen LogP contribution in [0.2, 0.25) is 0 Å². The summed E-state index contributed by atoms with van der Waals surface area (Å²) in [5, 5.41) is 10.2. The maximum Gasteiger partial charge on any atom is 0.304 e. The molecule has 0 saturated heterocycles. The van der Waals surface area contributed by atoms with Crippen LogP contribution in [0.4, 0.5) is 0 Å². The van der Waals surface area contributed by atoms with Gasteiger partial charge in [-0.1, -0.05) is 23.5 Å². The topological polar surface area (TPSA) is 103 Å². The van der Waals surface area contributed by atoms with Gasteiger partial charge in [0.15, 0.2) is 0 Å². The summed E-state index contributed by atoms with van der Waals surface area (Å²) < 4.78 is 26.1. The van der Waals surface area contributed by atoms with E-state index >= 15 is 0 Å². The van der Waals surface area contributed by atoms with Gasteiger partial charge in [-0.15, -0.1) is 0 Å². The highest BCUT2D eigenvalue weighted by Gasteiger charge is 2.11. The monoisotopic (exact) mass is 309 g/mol. The van der Waals surface area contributed by atoms with Gasteiger partial charge in [-0.3, -0.25) is 4.79 Å². The molecule has 1 aromatic carbocycles. The summed E-state index contributed by atoms with van der Waals surface area (Å²) in [5.41, 5.74) is 1.61. The first kappa shape index (κ1) is 14.5. The average molecular weight is 309 g/mol. The quantitative estimate of drug-likeness (QED) is 0.857. The lowest BCUT2D eigenvalue weighted by Crippen LogP contribution is -2.25. The number of H-pyrrole nitrogens is 1. The summed E-state index contributed by atoms with van der Waals surface area (Å²) in [7, 11) is -3.49. The Labute approximate surface area is 119 Å². The van der Waals surface area contributed by atoms with Crippen LogP contribution in [-0.2, 0) is 22.3 Å². The number of aromatic nitrogens is 1. The number of sulfonamides is 1. The molecular formula is C12H11N3O3S2. The third-order valence-corrected chi connectivity index (χ3v) is 4.51. The molecule has 0 aliphatic carbocycles. The SMILES string of the molecule is N#Cc1ccc(CS(=O)(=O)NCc2csc(=O)[nH]2)cc1. The first-order chi connectivity index (χ1) is 9.48. The Hall–Kier alpha value is -1.95. The normalized spacial score (nSPS) is 11.2. The highest BCUT2D eigenvalue weighted by Crippen LogP contribution is 2.07. The summed E-state index contributed by atoms with van der Waals surface area (Å²) in [6, 6.07) is 8.31. The molecule has 2 N–H and O–H groups in total. The van der Waals surface area contributed by atoms with Crippen molar-refractivity contribution in [3.05, 3.63) is 56.1 Å². The van der Waals surface area contributed by atoms with Gasteiger partial charge in [0.2, 0.25) is 10.0 Å². The van der Waals surface area contributed by atoms with E-state index < -0.39 is 10.0 Å². The first-order valence-corrected chi connectivity index (χ1v) is 8.15. The number of aromatic amines is 1. The number of benzene rings is 1. The molecular weight excluding hydrogens is 298 g/mol. The number of nitrogens with zero attached hydrogens (tertiary/aromatic N) is 1. The van der Waals surface area contributed by atoms with Crippen LogP contribution in [0.5, 0.6) is 0 Å². The van der Waals surface area contributed by atoms with Crippen LogP contribution in [0.15, 0.2) is 34.4 Å². The van der Waals surface area contributed by atoms with Crippen LogP contribution < -0.4 is 9.60 Å². The molecule has 8 heteroatoms. The van der Waals surface area contributed by atoms with E-state index in [4.69, 9.17) is 5.26 Å². The fraction of sp³-hybridized carbons (Fsp3) is 0.167. The summed E-state index contributed by atoms with van der Waals surface area (Å²) in [4.78, 5) is 13.2. The molecule has 0 amide bonds. The molecule has 0 bridgehead atoms. The lowest BCUT2D eigenvalue weighted by Gasteiger charge is -2.05. The zero-order chi connectivity index (χ0) is 14.6. The highest BCUT2D eigenvalue weighted by molar-refractivity contribution is 7.88. The third-order valence-electron chi connectivity index (χ3n) is 2.49. The van der Waals surface area contributed by atoms with E-state index in [1.165, 1.54) is 0 Å². The van der Waals surface area contributed by atoms with Gasteiger partial charge in [-0.05, 0) is 17.7 Å². The van der Waals surface area contributed by atoms with Gasteiger partial charge in [-0.2, -0.15) is 5.26 Å². The predicted octanol–water partition coefficient (Wildman–Crippen LogP) is 0.928. The van der Waals surface area contributed by atoms with Crippen LogP contribution in [0.1, 0.15) is 16.8 Å². The lowest BCUT2D eigenvalue weighted by atomic mass is 10.2. The maximum atomic E-state index is 11.9. The number of hydrogen-bond acceptors (Lipinski definition) is 5. The van der Waals surface area contributed by atoms with Crippen molar-refractivity contribution in [3.8, 4) is 6.07 Å². The Morgan fingerprint density at radius 1 is 1.30 bits per heavy atom. The molecule has 2 rings (SSSR count). The van der Waals surface area contributed by atoms with Crippen molar-refractivity contribution < 1.29 is 8.42 Å². The van der Waals surface area contributed by atoms with Crippen molar-refractivity contribution in [3.63, 3.8) is 0 Å². The van der Waals surface area contributed by atoms with Gasteiger partial charge in [0, 0.05) is 11.1 Å². The molecule has 0 aliphatic rings. The zero-order valence-electron chi connectivity index (χ0n) is 10.3. The van der Waals surface area contributed by atoms with Crippen molar-refractivity contribution in [2.24, 2.45) is 0 Å². The maximum absolute atomic E-state index is 11.9. The summed E-state index contributed by atoms with van der Waals surface area (Å²) in [5.74, 6) is -0.174. The van der Waals surface area contributed by atoms with Crippen LogP contribution in [0.3, 0.4) is 0 Å². The van der Waals surface area contributed by atoms with Crippen LogP contribution in [0, 0.1) is 11.3 Å². The van der Waals surface area contributed by atoms with E-state index in [9.17, 15) is 13.2 Å². The standard InChI is InChI=1S/C12H11N3O3S2/c13-5-9-1-3-10(4-2-9)8-20(17,18)14-6-11-7-19-12(16)15-11/h1-4,7,14H,6,8H2,(H,15,16). The molecule has 0 aliphatic heterocycles. The highest BCUT2D eigenvalue weighted by atomic mass is 32.2. The minimum Gasteiger partial charge on any atom is -0.315 e. The molecule has 2 aromatic rings. The number of hydrogen-bond donors (Lipinski definition) is 2. The van der Waals surface area contributed by atoms with Crippen LogP contribution >= 0.6 is 11.3 Å². The Morgan fingerprint density at radius 3 is 2.55 bits per heavy atom. The zero-order valence-corrected chi connectivity index (χ0v) is 11.9. The molecule has 0 atom stereocenters. The second-order valence-corrected chi connectivity index (χ2v) is 6.71. The van der Waals surface area contributed by atoms with Crippen LogP contribution in [0.25, 0.3) is 0 Å². The van der Waals surface area contributed by atoms with E-state index in [0.717, 1.165) is 11.3 Å². The molecule has 0 fully saturated rings. The van der Waals surface area contributed by atoms with Crippen molar-refractivity contribution in [1.82, 2.24) is 9.71 Å². The summed E-state index contributed by atoms with van der Waals surface area (Å²) >= 11 is 0.987. The minimum absolute atomic E-state index is 0.0529. The van der Waals surface area contributed by atoms with E-state index in [-0.39, 0.29) is 17.2 Å². The Kier molecular flexibility index (Phi) is 4.34. The van der Waals surface area contributed by atoms with Gasteiger partial charge >= 0.3 is 4.87 Å². The van der Waals surface area contributed by atoms with Gasteiger partial charge in [0.25, 0.3) is 0 Å². The Balaban J connectivity index is 1.99. The molecule has 0 saturated carbocycles. The second kappa shape index (κ2) is 6.00. The van der Waals surface area contributed by atoms with Crippen molar-refractivity contribution >= 4 is 21.4 Å². The lowest BCUT2D eigenvalue weighted by molar-refractivity contribution is 0.579. The van der Waals surface area contributed by atoms with Crippen molar-refractivity contribution in [1.29, 1.82) is 5.26 Å². The van der Waals surface area contributed by atoms with Crippen LogP contribution in [-0.4, -0.2) is 13.4 Å². The number of rotatable bonds is 5. The van der Waals surface area contributed by atoms with E-state index in [1.807, 2.05) is 6.07 Å².